The molecule has 0 aromatic carbocycles. The zero-order valence-electron chi connectivity index (χ0n) is 11.2. The van der Waals surface area contributed by atoms with Gasteiger partial charge in [0.25, 0.3) is 0 Å². The normalized spacial score (nSPS) is 17.2. The summed E-state index contributed by atoms with van der Waals surface area (Å²) in [5, 5.41) is 3.69. The Morgan fingerprint density at radius 1 is 1.47 bits per heavy atom. The molecule has 1 saturated carbocycles. The van der Waals surface area contributed by atoms with Gasteiger partial charge in [-0.25, -0.2) is 8.42 Å². The molecule has 0 bridgehead atoms. The number of hydrogen-bond donors (Lipinski definition) is 2. The van der Waals surface area contributed by atoms with E-state index in [2.05, 4.69) is 5.32 Å². The van der Waals surface area contributed by atoms with Crippen LogP contribution in [0.2, 0.25) is 0 Å². The fourth-order valence-corrected chi connectivity index (χ4v) is 4.62. The van der Waals surface area contributed by atoms with Crippen LogP contribution in [-0.2, 0) is 9.84 Å². The van der Waals surface area contributed by atoms with Crippen molar-refractivity contribution in [1.29, 1.82) is 0 Å². The van der Waals surface area contributed by atoms with Crippen LogP contribution in [-0.4, -0.2) is 26.5 Å². The Labute approximate surface area is 117 Å². The molecule has 1 aromatic rings. The van der Waals surface area contributed by atoms with E-state index in [4.69, 9.17) is 5.73 Å². The van der Waals surface area contributed by atoms with Gasteiger partial charge in [-0.2, -0.15) is 0 Å². The van der Waals surface area contributed by atoms with Crippen LogP contribution in [0.4, 0.5) is 10.7 Å². The maximum absolute atomic E-state index is 11.9. The Kier molecular flexibility index (Phi) is 3.61. The van der Waals surface area contributed by atoms with Crippen molar-refractivity contribution in [3.63, 3.8) is 0 Å². The summed E-state index contributed by atoms with van der Waals surface area (Å²) in [5.74, 6) is 0.371. The maximum Gasteiger partial charge on any atom is 0.180 e. The van der Waals surface area contributed by atoms with Crippen molar-refractivity contribution >= 4 is 37.6 Å². The Morgan fingerprint density at radius 3 is 2.47 bits per heavy atom. The minimum atomic E-state index is -3.46. The number of nitrogens with one attached hydrogen (secondary N) is 1. The predicted molar refractivity (Wildman–Crippen MR) is 77.7 cm³/mol. The van der Waals surface area contributed by atoms with Crippen LogP contribution in [0.1, 0.15) is 36.4 Å². The van der Waals surface area contributed by atoms with Crippen molar-refractivity contribution in [1.82, 2.24) is 0 Å². The van der Waals surface area contributed by atoms with Gasteiger partial charge in [0.1, 0.15) is 9.90 Å². The Balaban J connectivity index is 2.45. The average molecular weight is 302 g/mol. The van der Waals surface area contributed by atoms with Crippen LogP contribution in [0, 0.1) is 5.92 Å². The number of rotatable bonds is 5. The van der Waals surface area contributed by atoms with Gasteiger partial charge in [-0.15, -0.1) is 11.3 Å². The molecule has 0 spiro atoms. The first kappa shape index (κ1) is 14.3. The van der Waals surface area contributed by atoms with Gasteiger partial charge in [0, 0.05) is 19.2 Å². The average Bonchev–Trinajstić information content (AvgIpc) is 3.02. The van der Waals surface area contributed by atoms with Crippen LogP contribution < -0.4 is 11.1 Å². The summed E-state index contributed by atoms with van der Waals surface area (Å²) in [5.41, 5.74) is 5.90. The molecule has 3 N–H and O–H groups in total. The van der Waals surface area contributed by atoms with Gasteiger partial charge in [0.15, 0.2) is 15.6 Å². The number of Topliss-reactive ketones (excluding diaryl/α,β-unsaturated/α-hetero) is 1. The Morgan fingerprint density at radius 2 is 2.05 bits per heavy atom. The summed E-state index contributed by atoms with van der Waals surface area (Å²) in [6.45, 7) is 3.41. The fraction of sp³-hybridized carbons (Fsp3) is 0.583. The van der Waals surface area contributed by atoms with Crippen LogP contribution in [0.5, 0.6) is 0 Å². The lowest BCUT2D eigenvalue weighted by molar-refractivity contribution is 0.102. The second-order valence-electron chi connectivity index (χ2n) is 5.10. The molecular weight excluding hydrogens is 284 g/mol. The molecule has 1 fully saturated rings. The minimum absolute atomic E-state index is 0.0650. The molecule has 2 rings (SSSR count). The van der Waals surface area contributed by atoms with Crippen LogP contribution in [0.3, 0.4) is 0 Å². The van der Waals surface area contributed by atoms with Crippen molar-refractivity contribution in [3.8, 4) is 0 Å². The highest BCUT2D eigenvalue weighted by Crippen LogP contribution is 2.42. The van der Waals surface area contributed by atoms with Gasteiger partial charge in [-0.3, -0.25) is 4.79 Å². The molecule has 1 aromatic heterocycles. The molecule has 0 saturated heterocycles. The molecule has 1 heterocycles. The number of anilines is 2. The standard InChI is InChI=1S/C12H18N2O3S2/c1-6(8-4-5-8)14-12-11(19(3,16)17)9(13)10(18-12)7(2)15/h6,8,14H,4-5,13H2,1-3H3. The van der Waals surface area contributed by atoms with E-state index in [9.17, 15) is 13.2 Å². The lowest BCUT2D eigenvalue weighted by atomic mass is 10.2. The van der Waals surface area contributed by atoms with Crippen molar-refractivity contribution in [2.45, 2.75) is 37.6 Å². The van der Waals surface area contributed by atoms with E-state index >= 15 is 0 Å². The van der Waals surface area contributed by atoms with Crippen LogP contribution >= 0.6 is 11.3 Å². The summed E-state index contributed by atoms with van der Waals surface area (Å²) in [7, 11) is -3.46. The molecule has 1 aliphatic rings. The molecule has 7 heteroatoms. The third-order valence-electron chi connectivity index (χ3n) is 3.28. The molecule has 0 radical (unpaired) electrons. The van der Waals surface area contributed by atoms with Crippen molar-refractivity contribution in [3.05, 3.63) is 4.88 Å². The van der Waals surface area contributed by atoms with Crippen molar-refractivity contribution in [2.75, 3.05) is 17.3 Å². The van der Waals surface area contributed by atoms with Gasteiger partial charge in [-0.05, 0) is 25.7 Å². The maximum atomic E-state index is 11.9. The first-order valence-corrected chi connectivity index (χ1v) is 8.82. The van der Waals surface area contributed by atoms with Gasteiger partial charge >= 0.3 is 0 Å². The highest BCUT2D eigenvalue weighted by atomic mass is 32.2. The van der Waals surface area contributed by atoms with E-state index in [1.165, 1.54) is 6.92 Å². The second kappa shape index (κ2) is 4.79. The van der Waals surface area contributed by atoms with Crippen molar-refractivity contribution in [2.24, 2.45) is 5.92 Å². The lowest BCUT2D eigenvalue weighted by Crippen LogP contribution is -2.18. The third kappa shape index (κ3) is 2.92. The smallest absolute Gasteiger partial charge is 0.180 e. The number of carbonyl (C=O) groups is 1. The molecular formula is C12H18N2O3S2. The largest absolute Gasteiger partial charge is 0.396 e. The van der Waals surface area contributed by atoms with E-state index in [-0.39, 0.29) is 22.4 Å². The highest BCUT2D eigenvalue weighted by Gasteiger charge is 2.31. The number of sulfone groups is 1. The summed E-state index contributed by atoms with van der Waals surface area (Å²) < 4.78 is 23.7. The Hall–Kier alpha value is -1.08. The highest BCUT2D eigenvalue weighted by molar-refractivity contribution is 7.91. The SMILES string of the molecule is CC(=O)c1sc(NC(C)C2CC2)c(S(C)(=O)=O)c1N. The molecule has 19 heavy (non-hydrogen) atoms. The molecule has 0 amide bonds. The van der Waals surface area contributed by atoms with E-state index in [1.807, 2.05) is 6.92 Å². The zero-order valence-corrected chi connectivity index (χ0v) is 12.8. The zero-order chi connectivity index (χ0) is 14.4. The predicted octanol–water partition coefficient (Wildman–Crippen LogP) is 2.15. The molecule has 1 atom stereocenters. The summed E-state index contributed by atoms with van der Waals surface area (Å²) in [6.07, 6.45) is 3.42. The first-order valence-electron chi connectivity index (χ1n) is 6.11. The van der Waals surface area contributed by atoms with E-state index in [0.29, 0.717) is 15.8 Å². The van der Waals surface area contributed by atoms with Crippen LogP contribution in [0.15, 0.2) is 4.90 Å². The first-order chi connectivity index (χ1) is 8.71. The topological polar surface area (TPSA) is 89.3 Å². The molecule has 0 aliphatic heterocycles. The Bertz CT molecular complexity index is 615. The molecule has 1 aliphatic carbocycles. The minimum Gasteiger partial charge on any atom is -0.396 e. The van der Waals surface area contributed by atoms with E-state index < -0.39 is 9.84 Å². The third-order valence-corrected chi connectivity index (χ3v) is 5.81. The number of hydrogen-bond acceptors (Lipinski definition) is 6. The molecule has 106 valence electrons. The molecule has 5 nitrogen and oxygen atoms in total. The van der Waals surface area contributed by atoms with Crippen molar-refractivity contribution < 1.29 is 13.2 Å². The summed E-state index contributed by atoms with van der Waals surface area (Å²) >= 11 is 1.13. The van der Waals surface area contributed by atoms with E-state index in [1.54, 1.807) is 0 Å². The number of thiophene rings is 1. The van der Waals surface area contributed by atoms with Gasteiger partial charge in [0.2, 0.25) is 0 Å². The van der Waals surface area contributed by atoms with Gasteiger partial charge < -0.3 is 11.1 Å². The monoisotopic (exact) mass is 302 g/mol. The fourth-order valence-electron chi connectivity index (χ4n) is 2.07. The lowest BCUT2D eigenvalue weighted by Gasteiger charge is -2.13. The van der Waals surface area contributed by atoms with Gasteiger partial charge in [0.05, 0.1) is 10.6 Å². The molecule has 1 unspecified atom stereocenters. The summed E-state index contributed by atoms with van der Waals surface area (Å²) in [6, 6.07) is 0.193. The summed E-state index contributed by atoms with van der Waals surface area (Å²) in [4.78, 5) is 11.9. The quantitative estimate of drug-likeness (QED) is 0.813. The van der Waals surface area contributed by atoms with Crippen LogP contribution in [0.25, 0.3) is 0 Å². The van der Waals surface area contributed by atoms with E-state index in [0.717, 1.165) is 30.4 Å². The number of nitrogens with two attached hydrogens (primary N) is 1. The number of nitrogen functional groups attached to an aromatic ring is 1. The number of ketones is 1. The second-order valence-corrected chi connectivity index (χ2v) is 8.08. The number of carbonyl (C=O) groups excluding carboxylic acids is 1. The van der Waals surface area contributed by atoms with Gasteiger partial charge in [-0.1, -0.05) is 0 Å².